The lowest BCUT2D eigenvalue weighted by atomic mass is 10.3. The molecule has 3 N–H and O–H groups in total. The number of benzene rings is 1. The maximum atomic E-state index is 8.65. The lowest BCUT2D eigenvalue weighted by Gasteiger charge is -1.88. The van der Waals surface area contributed by atoms with Gasteiger partial charge in [-0.15, -0.1) is 0 Å². The SMILES string of the molecule is O=[PH+]O.Oc1ccc(O)cc1. The van der Waals surface area contributed by atoms with Crippen molar-refractivity contribution in [1.29, 1.82) is 0 Å². The van der Waals surface area contributed by atoms with Crippen LogP contribution < -0.4 is 0 Å². The third-order valence-corrected chi connectivity index (χ3v) is 0.850. The van der Waals surface area contributed by atoms with Gasteiger partial charge in [-0.25, -0.2) is 0 Å². The van der Waals surface area contributed by atoms with Gasteiger partial charge >= 0.3 is 8.69 Å². The van der Waals surface area contributed by atoms with E-state index in [0.717, 1.165) is 0 Å². The Hall–Kier alpha value is -1.12. The molecule has 1 aromatic rings. The van der Waals surface area contributed by atoms with Crippen molar-refractivity contribution in [1.82, 2.24) is 0 Å². The summed E-state index contributed by atoms with van der Waals surface area (Å²) >= 11 is 0. The molecule has 0 radical (unpaired) electrons. The molecule has 0 fully saturated rings. The number of aromatic hydroxyl groups is 2. The largest absolute Gasteiger partial charge is 0.508 e. The van der Waals surface area contributed by atoms with Crippen LogP contribution in [-0.2, 0) is 4.57 Å². The van der Waals surface area contributed by atoms with E-state index in [-0.39, 0.29) is 11.5 Å². The molecule has 0 aromatic heterocycles. The predicted octanol–water partition coefficient (Wildman–Crippen LogP) is 1.02. The Labute approximate surface area is 65.0 Å². The van der Waals surface area contributed by atoms with Crippen molar-refractivity contribution >= 4 is 8.69 Å². The summed E-state index contributed by atoms with van der Waals surface area (Å²) in [5, 5.41) is 17.3. The molecule has 1 aromatic carbocycles. The molecule has 0 aliphatic rings. The molecule has 60 valence electrons. The Morgan fingerprint density at radius 3 is 1.36 bits per heavy atom. The second kappa shape index (κ2) is 5.65. The van der Waals surface area contributed by atoms with Crippen LogP contribution >= 0.6 is 8.69 Å². The van der Waals surface area contributed by atoms with Gasteiger partial charge in [0.2, 0.25) is 0 Å². The molecule has 4 nitrogen and oxygen atoms in total. The normalized spacial score (nSPS) is 8.45. The second-order valence-corrected chi connectivity index (χ2v) is 1.79. The fourth-order valence-corrected chi connectivity index (χ4v) is 0.453. The summed E-state index contributed by atoms with van der Waals surface area (Å²) in [6, 6.07) is 5.70. The van der Waals surface area contributed by atoms with E-state index < -0.39 is 8.69 Å². The van der Waals surface area contributed by atoms with Gasteiger partial charge < -0.3 is 10.2 Å². The van der Waals surface area contributed by atoms with Crippen molar-refractivity contribution in [2.75, 3.05) is 0 Å². The number of rotatable bonds is 0. The van der Waals surface area contributed by atoms with E-state index >= 15 is 0 Å². The van der Waals surface area contributed by atoms with Gasteiger partial charge in [0.15, 0.2) is 0 Å². The summed E-state index contributed by atoms with van der Waals surface area (Å²) in [7, 11) is -1.17. The molecule has 0 heterocycles. The lowest BCUT2D eigenvalue weighted by molar-refractivity contribution is 0.460. The quantitative estimate of drug-likeness (QED) is 0.406. The Bertz CT molecular complexity index is 187. The van der Waals surface area contributed by atoms with Gasteiger partial charge in [-0.2, -0.15) is 4.89 Å². The standard InChI is InChI=1S/C6H6O2.HO2P/c7-5-1-2-6(8)4-3-5;1-3-2/h1-4,7-8H;3H/p+1. The Morgan fingerprint density at radius 1 is 1.00 bits per heavy atom. The zero-order valence-electron chi connectivity index (χ0n) is 5.56. The molecule has 0 aliphatic carbocycles. The van der Waals surface area contributed by atoms with Crippen LogP contribution in [0.15, 0.2) is 24.3 Å². The Kier molecular flexibility index (Phi) is 5.07. The number of hydrogen-bond donors (Lipinski definition) is 3. The summed E-state index contributed by atoms with van der Waals surface area (Å²) in [6.07, 6.45) is 0. The van der Waals surface area contributed by atoms with Gasteiger partial charge in [0.05, 0.1) is 0 Å². The summed E-state index contributed by atoms with van der Waals surface area (Å²) in [6.45, 7) is 0. The summed E-state index contributed by atoms with van der Waals surface area (Å²) in [4.78, 5) is 7.04. The average molecular weight is 175 g/mol. The van der Waals surface area contributed by atoms with Crippen LogP contribution in [0.1, 0.15) is 0 Å². The van der Waals surface area contributed by atoms with E-state index in [1.54, 1.807) is 0 Å². The zero-order chi connectivity index (χ0) is 8.69. The Morgan fingerprint density at radius 2 is 1.18 bits per heavy atom. The molecular formula is C6H8O4P+. The first-order valence-electron chi connectivity index (χ1n) is 2.70. The van der Waals surface area contributed by atoms with Gasteiger partial charge in [-0.3, -0.25) is 0 Å². The van der Waals surface area contributed by atoms with E-state index in [1.807, 2.05) is 0 Å². The van der Waals surface area contributed by atoms with Crippen LogP contribution in [0.4, 0.5) is 0 Å². The first-order valence-corrected chi connectivity index (χ1v) is 3.55. The molecular weight excluding hydrogens is 167 g/mol. The van der Waals surface area contributed by atoms with Crippen molar-refractivity contribution in [2.24, 2.45) is 0 Å². The summed E-state index contributed by atoms with van der Waals surface area (Å²) in [5.74, 6) is 0.339. The molecule has 1 unspecified atom stereocenters. The van der Waals surface area contributed by atoms with Gasteiger partial charge in [-0.1, -0.05) is 0 Å². The zero-order valence-corrected chi connectivity index (χ0v) is 6.56. The van der Waals surface area contributed by atoms with Crippen molar-refractivity contribution in [2.45, 2.75) is 0 Å². The predicted molar refractivity (Wildman–Crippen MR) is 41.0 cm³/mol. The molecule has 1 rings (SSSR count). The molecule has 1 atom stereocenters. The van der Waals surface area contributed by atoms with E-state index in [4.69, 9.17) is 19.7 Å². The van der Waals surface area contributed by atoms with Crippen molar-refractivity contribution in [3.8, 4) is 11.5 Å². The average Bonchev–Trinajstić information content (AvgIpc) is 1.97. The van der Waals surface area contributed by atoms with Crippen LogP contribution in [0.3, 0.4) is 0 Å². The smallest absolute Gasteiger partial charge is 0.491 e. The fourth-order valence-electron chi connectivity index (χ4n) is 0.453. The van der Waals surface area contributed by atoms with E-state index in [0.29, 0.717) is 0 Å². The van der Waals surface area contributed by atoms with E-state index in [1.165, 1.54) is 24.3 Å². The van der Waals surface area contributed by atoms with Crippen molar-refractivity contribution in [3.63, 3.8) is 0 Å². The maximum absolute atomic E-state index is 8.65. The summed E-state index contributed by atoms with van der Waals surface area (Å²) in [5.41, 5.74) is 0. The molecule has 0 spiro atoms. The first-order chi connectivity index (χ1) is 5.20. The topological polar surface area (TPSA) is 77.8 Å². The van der Waals surface area contributed by atoms with Gasteiger partial charge in [0.1, 0.15) is 11.5 Å². The van der Waals surface area contributed by atoms with E-state index in [9.17, 15) is 0 Å². The molecule has 0 bridgehead atoms. The number of phenolic OH excluding ortho intramolecular Hbond substituents is 2. The van der Waals surface area contributed by atoms with Crippen LogP contribution in [0.2, 0.25) is 0 Å². The highest BCUT2D eigenvalue weighted by Crippen LogP contribution is 2.13. The molecule has 0 amide bonds. The van der Waals surface area contributed by atoms with Gasteiger partial charge in [-0.05, 0) is 28.8 Å². The van der Waals surface area contributed by atoms with Crippen LogP contribution in [0.25, 0.3) is 0 Å². The molecule has 5 heteroatoms. The minimum absolute atomic E-state index is 0.169. The Balaban J connectivity index is 0.000000292. The molecule has 0 saturated carbocycles. The highest BCUT2D eigenvalue weighted by molar-refractivity contribution is 7.16. The van der Waals surface area contributed by atoms with Crippen LogP contribution in [-0.4, -0.2) is 15.1 Å². The highest BCUT2D eigenvalue weighted by Gasteiger charge is 1.84. The third-order valence-electron chi connectivity index (χ3n) is 0.850. The van der Waals surface area contributed by atoms with Crippen molar-refractivity contribution in [3.05, 3.63) is 24.3 Å². The highest BCUT2D eigenvalue weighted by atomic mass is 31.1. The number of phenols is 2. The van der Waals surface area contributed by atoms with Crippen LogP contribution in [0.5, 0.6) is 11.5 Å². The molecule has 11 heavy (non-hydrogen) atoms. The minimum Gasteiger partial charge on any atom is -0.508 e. The lowest BCUT2D eigenvalue weighted by Crippen LogP contribution is -1.61. The minimum atomic E-state index is -1.17. The van der Waals surface area contributed by atoms with Crippen molar-refractivity contribution < 1.29 is 19.7 Å². The van der Waals surface area contributed by atoms with Gasteiger partial charge in [0.25, 0.3) is 0 Å². The van der Waals surface area contributed by atoms with Crippen LogP contribution in [0, 0.1) is 0 Å². The van der Waals surface area contributed by atoms with E-state index in [2.05, 4.69) is 0 Å². The maximum Gasteiger partial charge on any atom is 0.491 e. The first kappa shape index (κ1) is 9.88. The number of hydrogen-bond acceptors (Lipinski definition) is 3. The fraction of sp³-hybridized carbons (Fsp3) is 0. The molecule has 0 aliphatic heterocycles. The summed E-state index contributed by atoms with van der Waals surface area (Å²) < 4.78 is 8.51. The molecule has 0 saturated heterocycles. The third kappa shape index (κ3) is 5.33. The second-order valence-electron chi connectivity index (χ2n) is 1.61. The monoisotopic (exact) mass is 175 g/mol. The van der Waals surface area contributed by atoms with Gasteiger partial charge in [0, 0.05) is 0 Å².